The molecule has 1 aromatic rings. The van der Waals surface area contributed by atoms with Crippen molar-refractivity contribution >= 4 is 5.97 Å². The van der Waals surface area contributed by atoms with Crippen LogP contribution in [0.25, 0.3) is 0 Å². The first-order valence-electron chi connectivity index (χ1n) is 5.51. The summed E-state index contributed by atoms with van der Waals surface area (Å²) >= 11 is 0. The molecule has 1 heterocycles. The van der Waals surface area contributed by atoms with Gasteiger partial charge in [0.15, 0.2) is 0 Å². The average Bonchev–Trinajstić information content (AvgIpc) is 2.37. The smallest absolute Gasteiger partial charge is 0.337 e. The third kappa shape index (κ3) is 8.63. The second-order valence-corrected chi connectivity index (χ2v) is 3.72. The molecular weight excluding hydrogens is 238 g/mol. The highest BCUT2D eigenvalue weighted by molar-refractivity contribution is 5.86. The van der Waals surface area contributed by atoms with Gasteiger partial charge in [0.1, 0.15) is 0 Å². The number of aliphatic hydroxyl groups is 2. The fraction of sp³-hybridized carbons (Fsp3) is 0.500. The summed E-state index contributed by atoms with van der Waals surface area (Å²) in [7, 11) is 0. The van der Waals surface area contributed by atoms with E-state index in [0.29, 0.717) is 6.61 Å². The lowest BCUT2D eigenvalue weighted by Crippen LogP contribution is -2.19. The van der Waals surface area contributed by atoms with E-state index < -0.39 is 12.1 Å². The van der Waals surface area contributed by atoms with Crippen molar-refractivity contribution in [2.45, 2.75) is 26.1 Å². The third-order valence-electron chi connectivity index (χ3n) is 1.79. The molecule has 0 fully saturated rings. The molecule has 2 unspecified atom stereocenters. The third-order valence-corrected chi connectivity index (χ3v) is 1.79. The van der Waals surface area contributed by atoms with Crippen LogP contribution in [0.15, 0.2) is 24.5 Å². The molecule has 0 spiro atoms. The van der Waals surface area contributed by atoms with Gasteiger partial charge in [-0.25, -0.2) is 4.79 Å². The van der Waals surface area contributed by atoms with E-state index in [4.69, 9.17) is 20.1 Å². The fourth-order valence-corrected chi connectivity index (χ4v) is 0.845. The number of rotatable bonds is 5. The van der Waals surface area contributed by atoms with Crippen molar-refractivity contribution < 1.29 is 24.9 Å². The van der Waals surface area contributed by atoms with Gasteiger partial charge in [0.25, 0.3) is 0 Å². The summed E-state index contributed by atoms with van der Waals surface area (Å²) in [6.45, 7) is 3.70. The molecule has 0 saturated carbocycles. The van der Waals surface area contributed by atoms with Gasteiger partial charge in [-0.15, -0.1) is 0 Å². The predicted octanol–water partition coefficient (Wildman–Crippen LogP) is 0.544. The Hall–Kier alpha value is -1.50. The summed E-state index contributed by atoms with van der Waals surface area (Å²) in [6, 6.07) is 3.08. The number of pyridine rings is 1. The molecule has 0 aromatic carbocycles. The molecule has 0 radical (unpaired) electrons. The number of hydrogen-bond donors (Lipinski definition) is 3. The number of carbonyl (C=O) groups is 1. The van der Waals surface area contributed by atoms with E-state index in [2.05, 4.69) is 4.98 Å². The zero-order valence-corrected chi connectivity index (χ0v) is 10.5. The Morgan fingerprint density at radius 3 is 2.50 bits per heavy atom. The van der Waals surface area contributed by atoms with E-state index in [1.54, 1.807) is 19.9 Å². The number of ether oxygens (including phenoxy) is 1. The van der Waals surface area contributed by atoms with Gasteiger partial charge in [-0.3, -0.25) is 4.98 Å². The van der Waals surface area contributed by atoms with Gasteiger partial charge in [-0.05, 0) is 26.0 Å². The molecule has 0 aliphatic carbocycles. The molecule has 1 aromatic heterocycles. The number of carboxylic acids is 1. The van der Waals surface area contributed by atoms with Crippen LogP contribution >= 0.6 is 0 Å². The predicted molar refractivity (Wildman–Crippen MR) is 65.4 cm³/mol. The van der Waals surface area contributed by atoms with E-state index in [0.717, 1.165) is 0 Å². The number of carboxylic acid groups (broad SMARTS) is 1. The SMILES string of the molecule is CC(O)COC(C)CO.O=C(O)c1cccnc1. The molecule has 2 atom stereocenters. The highest BCUT2D eigenvalue weighted by Gasteiger charge is 2.00. The minimum Gasteiger partial charge on any atom is -0.478 e. The van der Waals surface area contributed by atoms with E-state index in [-0.39, 0.29) is 18.3 Å². The average molecular weight is 257 g/mol. The first kappa shape index (κ1) is 16.5. The molecule has 0 aliphatic rings. The van der Waals surface area contributed by atoms with E-state index in [1.165, 1.54) is 18.5 Å². The highest BCUT2D eigenvalue weighted by Crippen LogP contribution is 1.93. The summed E-state index contributed by atoms with van der Waals surface area (Å²) in [5.74, 6) is -0.942. The maximum atomic E-state index is 10.2. The van der Waals surface area contributed by atoms with Crippen LogP contribution in [0, 0.1) is 0 Å². The zero-order chi connectivity index (χ0) is 14.0. The second kappa shape index (κ2) is 9.52. The van der Waals surface area contributed by atoms with Crippen molar-refractivity contribution in [1.29, 1.82) is 0 Å². The number of aliphatic hydroxyl groups excluding tert-OH is 2. The molecular formula is C12H19NO5. The Morgan fingerprint density at radius 2 is 2.17 bits per heavy atom. The van der Waals surface area contributed by atoms with Crippen LogP contribution in [0.1, 0.15) is 24.2 Å². The molecule has 6 nitrogen and oxygen atoms in total. The van der Waals surface area contributed by atoms with E-state index >= 15 is 0 Å². The summed E-state index contributed by atoms with van der Waals surface area (Å²) in [6.07, 6.45) is 2.23. The van der Waals surface area contributed by atoms with Crippen LogP contribution in [0.3, 0.4) is 0 Å². The molecule has 1 rings (SSSR count). The topological polar surface area (TPSA) is 99.9 Å². The number of aromatic carboxylic acids is 1. The van der Waals surface area contributed by atoms with Crippen molar-refractivity contribution in [1.82, 2.24) is 4.98 Å². The van der Waals surface area contributed by atoms with Crippen molar-refractivity contribution in [2.24, 2.45) is 0 Å². The molecule has 0 amide bonds. The van der Waals surface area contributed by atoms with Gasteiger partial charge in [0.05, 0.1) is 31.0 Å². The summed E-state index contributed by atoms with van der Waals surface area (Å²) in [5, 5.41) is 25.5. The number of aromatic nitrogens is 1. The lowest BCUT2D eigenvalue weighted by molar-refractivity contribution is -0.0177. The normalized spacial score (nSPS) is 13.1. The number of nitrogens with zero attached hydrogens (tertiary/aromatic N) is 1. The standard InChI is InChI=1S/C6H5NO2.C6H14O3/c8-6(9)5-2-1-3-7-4-5;1-5(8)4-9-6(2)3-7/h1-4H,(H,8,9);5-8H,3-4H2,1-2H3. The summed E-state index contributed by atoms with van der Waals surface area (Å²) in [4.78, 5) is 13.8. The molecule has 0 aliphatic heterocycles. The van der Waals surface area contributed by atoms with E-state index in [9.17, 15) is 4.79 Å². The maximum absolute atomic E-state index is 10.2. The molecule has 18 heavy (non-hydrogen) atoms. The molecule has 102 valence electrons. The van der Waals surface area contributed by atoms with Gasteiger partial charge >= 0.3 is 5.97 Å². The quantitative estimate of drug-likeness (QED) is 0.712. The van der Waals surface area contributed by atoms with Crippen LogP contribution in [-0.4, -0.2) is 51.7 Å². The maximum Gasteiger partial charge on any atom is 0.337 e. The second-order valence-electron chi connectivity index (χ2n) is 3.72. The van der Waals surface area contributed by atoms with Gasteiger partial charge in [0.2, 0.25) is 0 Å². The van der Waals surface area contributed by atoms with E-state index in [1.807, 2.05) is 0 Å². The molecule has 6 heteroatoms. The lowest BCUT2D eigenvalue weighted by atomic mass is 10.3. The Balaban J connectivity index is 0.000000321. The first-order chi connectivity index (χ1) is 8.47. The Morgan fingerprint density at radius 1 is 1.50 bits per heavy atom. The van der Waals surface area contributed by atoms with Gasteiger partial charge in [-0.1, -0.05) is 0 Å². The molecule has 3 N–H and O–H groups in total. The van der Waals surface area contributed by atoms with Crippen LogP contribution in [0.5, 0.6) is 0 Å². The first-order valence-corrected chi connectivity index (χ1v) is 5.51. The lowest BCUT2D eigenvalue weighted by Gasteiger charge is -2.10. The Labute approximate surface area is 106 Å². The largest absolute Gasteiger partial charge is 0.478 e. The minimum absolute atomic E-state index is 0.00667. The summed E-state index contributed by atoms with van der Waals surface area (Å²) in [5.41, 5.74) is 0.220. The van der Waals surface area contributed by atoms with Crippen molar-refractivity contribution in [2.75, 3.05) is 13.2 Å². The van der Waals surface area contributed by atoms with Crippen LogP contribution < -0.4 is 0 Å². The number of hydrogen-bond acceptors (Lipinski definition) is 5. The van der Waals surface area contributed by atoms with Crippen LogP contribution in [0.4, 0.5) is 0 Å². The van der Waals surface area contributed by atoms with Gasteiger partial charge < -0.3 is 20.1 Å². The van der Waals surface area contributed by atoms with Gasteiger partial charge in [0, 0.05) is 12.4 Å². The highest BCUT2D eigenvalue weighted by atomic mass is 16.5. The zero-order valence-electron chi connectivity index (χ0n) is 10.5. The van der Waals surface area contributed by atoms with Crippen molar-refractivity contribution in [3.63, 3.8) is 0 Å². The molecule has 0 bridgehead atoms. The molecule has 0 saturated heterocycles. The monoisotopic (exact) mass is 257 g/mol. The summed E-state index contributed by atoms with van der Waals surface area (Å²) < 4.78 is 4.95. The Bertz CT molecular complexity index is 328. The van der Waals surface area contributed by atoms with Crippen LogP contribution in [0.2, 0.25) is 0 Å². The van der Waals surface area contributed by atoms with Crippen molar-refractivity contribution in [3.05, 3.63) is 30.1 Å². The van der Waals surface area contributed by atoms with Crippen molar-refractivity contribution in [3.8, 4) is 0 Å². The fourth-order valence-electron chi connectivity index (χ4n) is 0.845. The van der Waals surface area contributed by atoms with Crippen LogP contribution in [-0.2, 0) is 4.74 Å². The van der Waals surface area contributed by atoms with Gasteiger partial charge in [-0.2, -0.15) is 0 Å². The minimum atomic E-state index is -0.942. The Kier molecular flexibility index (Phi) is 8.73.